The molecule has 2 aromatic carbocycles. The van der Waals surface area contributed by atoms with Crippen LogP contribution in [0.3, 0.4) is 0 Å². The van der Waals surface area contributed by atoms with Crippen LogP contribution >= 0.6 is 0 Å². The summed E-state index contributed by atoms with van der Waals surface area (Å²) in [6.07, 6.45) is -0.416. The summed E-state index contributed by atoms with van der Waals surface area (Å²) in [5.41, 5.74) is 1.09. The second kappa shape index (κ2) is 7.33. The van der Waals surface area contributed by atoms with Crippen molar-refractivity contribution in [3.63, 3.8) is 0 Å². The Hall–Kier alpha value is -3.49. The van der Waals surface area contributed by atoms with Crippen LogP contribution in [0.15, 0.2) is 54.9 Å². The number of amides is 2. The van der Waals surface area contributed by atoms with Gasteiger partial charge in [-0.1, -0.05) is 18.2 Å². The predicted octanol–water partition coefficient (Wildman–Crippen LogP) is 5.23. The number of halogens is 3. The summed E-state index contributed by atoms with van der Waals surface area (Å²) in [4.78, 5) is 18.7. The van der Waals surface area contributed by atoms with Gasteiger partial charge in [-0.2, -0.15) is 0 Å². The normalized spacial score (nSPS) is 19.8. The molecule has 6 nitrogen and oxygen atoms in total. The van der Waals surface area contributed by atoms with E-state index in [1.54, 1.807) is 36.7 Å². The highest BCUT2D eigenvalue weighted by Crippen LogP contribution is 2.50. The second-order valence-electron chi connectivity index (χ2n) is 7.84. The summed E-state index contributed by atoms with van der Waals surface area (Å²) in [7, 11) is 0. The number of carbonyl (C=O) groups is 1. The maximum atomic E-state index is 13.0. The number of rotatable bonds is 4. The Labute approximate surface area is 176 Å². The van der Waals surface area contributed by atoms with Crippen molar-refractivity contribution in [2.24, 2.45) is 11.8 Å². The van der Waals surface area contributed by atoms with Crippen LogP contribution in [-0.4, -0.2) is 30.5 Å². The molecule has 3 aromatic rings. The first-order valence-corrected chi connectivity index (χ1v) is 9.92. The van der Waals surface area contributed by atoms with Gasteiger partial charge >= 0.3 is 12.4 Å². The van der Waals surface area contributed by atoms with Gasteiger partial charge in [0.1, 0.15) is 5.69 Å². The van der Waals surface area contributed by atoms with Crippen molar-refractivity contribution in [3.05, 3.63) is 54.9 Å². The van der Waals surface area contributed by atoms with Crippen LogP contribution in [0.25, 0.3) is 10.8 Å². The maximum absolute atomic E-state index is 13.0. The van der Waals surface area contributed by atoms with Crippen molar-refractivity contribution in [2.75, 3.05) is 28.6 Å². The quantitative estimate of drug-likeness (QED) is 0.597. The van der Waals surface area contributed by atoms with Gasteiger partial charge in [0.05, 0.1) is 11.4 Å². The summed E-state index contributed by atoms with van der Waals surface area (Å²) in [6, 6.07) is 10.9. The number of carbonyl (C=O) groups excluding carboxylic acids is 1. The molecule has 9 heteroatoms. The summed E-state index contributed by atoms with van der Waals surface area (Å²) in [5.74, 6) is 0.664. The lowest BCUT2D eigenvalue weighted by molar-refractivity contribution is -0.274. The number of alkyl halides is 3. The molecule has 31 heavy (non-hydrogen) atoms. The summed E-state index contributed by atoms with van der Waals surface area (Å²) in [6.45, 7) is 1.30. The van der Waals surface area contributed by atoms with Gasteiger partial charge in [-0.15, -0.1) is 13.2 Å². The molecule has 2 fully saturated rings. The zero-order valence-corrected chi connectivity index (χ0v) is 16.3. The van der Waals surface area contributed by atoms with Gasteiger partial charge in [0.2, 0.25) is 0 Å². The highest BCUT2D eigenvalue weighted by Gasteiger charge is 2.46. The number of para-hydroxylation sites is 1. The first-order valence-electron chi connectivity index (χ1n) is 9.92. The van der Waals surface area contributed by atoms with Crippen LogP contribution in [-0.2, 0) is 0 Å². The number of fused-ring (bicyclic) bond motifs is 2. The topological polar surface area (TPSA) is 66.5 Å². The number of nitrogens with zero attached hydrogens (tertiary/aromatic N) is 2. The van der Waals surface area contributed by atoms with Crippen LogP contribution in [0.2, 0.25) is 0 Å². The van der Waals surface area contributed by atoms with Crippen molar-refractivity contribution in [3.8, 4) is 5.75 Å². The third kappa shape index (κ3) is 4.08. The molecule has 1 aromatic heterocycles. The minimum absolute atomic E-state index is 0.254. The SMILES string of the molecule is O=C(Nc1cccc(OC(F)(F)F)c1N1CC2CC2C1)Nc1cccc2cnccc12. The molecule has 1 saturated heterocycles. The zero-order valence-electron chi connectivity index (χ0n) is 16.3. The standard InChI is InChI=1S/C22H19F3N4O2/c23-22(24,25)31-19-6-2-5-18(20(19)29-11-14-9-15(14)12-29)28-21(30)27-17-4-1-3-13-10-26-8-7-16(13)17/h1-8,10,14-15H,9,11-12H2,(H2,27,28,30). The number of benzene rings is 2. The van der Waals surface area contributed by atoms with E-state index in [0.717, 1.165) is 17.2 Å². The fourth-order valence-electron chi connectivity index (χ4n) is 4.24. The van der Waals surface area contributed by atoms with Crippen LogP contribution in [0, 0.1) is 11.8 Å². The Kier molecular flexibility index (Phi) is 4.60. The first-order chi connectivity index (χ1) is 14.9. The largest absolute Gasteiger partial charge is 0.573 e. The van der Waals surface area contributed by atoms with E-state index in [-0.39, 0.29) is 17.1 Å². The van der Waals surface area contributed by atoms with Crippen LogP contribution in [0.1, 0.15) is 6.42 Å². The van der Waals surface area contributed by atoms with Gasteiger partial charge in [0.15, 0.2) is 5.75 Å². The summed E-state index contributed by atoms with van der Waals surface area (Å²) in [5, 5.41) is 7.15. The smallest absolute Gasteiger partial charge is 0.403 e. The Bertz CT molecular complexity index is 1140. The Balaban J connectivity index is 1.42. The third-order valence-corrected chi connectivity index (χ3v) is 5.70. The van der Waals surface area contributed by atoms with Crippen LogP contribution in [0.5, 0.6) is 5.75 Å². The average Bonchev–Trinajstić information content (AvgIpc) is 3.32. The van der Waals surface area contributed by atoms with E-state index < -0.39 is 12.4 Å². The molecular formula is C22H19F3N4O2. The zero-order chi connectivity index (χ0) is 21.6. The third-order valence-electron chi connectivity index (χ3n) is 5.70. The maximum Gasteiger partial charge on any atom is 0.573 e. The number of hydrogen-bond acceptors (Lipinski definition) is 4. The average molecular weight is 428 g/mol. The Morgan fingerprint density at radius 3 is 2.52 bits per heavy atom. The number of nitrogens with one attached hydrogen (secondary N) is 2. The van der Waals surface area contributed by atoms with E-state index in [2.05, 4.69) is 20.4 Å². The van der Waals surface area contributed by atoms with E-state index in [1.807, 2.05) is 11.0 Å². The summed E-state index contributed by atoms with van der Waals surface area (Å²) >= 11 is 0. The molecule has 5 rings (SSSR count). The van der Waals surface area contributed by atoms with E-state index in [0.29, 0.717) is 30.6 Å². The number of urea groups is 1. The fourth-order valence-corrected chi connectivity index (χ4v) is 4.24. The minimum atomic E-state index is -4.82. The molecular weight excluding hydrogens is 409 g/mol. The molecule has 2 N–H and O–H groups in total. The molecule has 1 saturated carbocycles. The Morgan fingerprint density at radius 1 is 1.03 bits per heavy atom. The monoisotopic (exact) mass is 428 g/mol. The lowest BCUT2D eigenvalue weighted by atomic mass is 10.1. The highest BCUT2D eigenvalue weighted by molar-refractivity contribution is 6.07. The molecule has 0 bridgehead atoms. The molecule has 0 radical (unpaired) electrons. The fraction of sp³-hybridized carbons (Fsp3) is 0.273. The van der Waals surface area contributed by atoms with Gasteiger partial charge in [0, 0.05) is 36.3 Å². The Morgan fingerprint density at radius 2 is 1.74 bits per heavy atom. The number of piperidine rings is 1. The van der Waals surface area contributed by atoms with Gasteiger partial charge < -0.3 is 20.3 Å². The molecule has 1 aliphatic carbocycles. The number of pyridine rings is 1. The molecule has 160 valence electrons. The second-order valence-corrected chi connectivity index (χ2v) is 7.84. The molecule has 2 aliphatic rings. The van der Waals surface area contributed by atoms with Crippen molar-refractivity contribution in [1.29, 1.82) is 0 Å². The van der Waals surface area contributed by atoms with E-state index in [1.165, 1.54) is 12.1 Å². The van der Waals surface area contributed by atoms with E-state index >= 15 is 0 Å². The predicted molar refractivity (Wildman–Crippen MR) is 111 cm³/mol. The minimum Gasteiger partial charge on any atom is -0.403 e. The van der Waals surface area contributed by atoms with Gasteiger partial charge in [-0.25, -0.2) is 4.79 Å². The first kappa shape index (κ1) is 19.5. The number of anilines is 3. The van der Waals surface area contributed by atoms with Crippen molar-refractivity contribution < 1.29 is 22.7 Å². The lowest BCUT2D eigenvalue weighted by Gasteiger charge is -2.26. The van der Waals surface area contributed by atoms with Crippen LogP contribution in [0.4, 0.5) is 35.0 Å². The highest BCUT2D eigenvalue weighted by atomic mass is 19.4. The molecule has 2 atom stereocenters. The molecule has 2 heterocycles. The van der Waals surface area contributed by atoms with E-state index in [9.17, 15) is 18.0 Å². The van der Waals surface area contributed by atoms with Gasteiger partial charge in [-0.05, 0) is 42.5 Å². The van der Waals surface area contributed by atoms with Crippen molar-refractivity contribution in [1.82, 2.24) is 4.98 Å². The number of ether oxygens (including phenoxy) is 1. The molecule has 0 spiro atoms. The van der Waals surface area contributed by atoms with Crippen molar-refractivity contribution in [2.45, 2.75) is 12.8 Å². The summed E-state index contributed by atoms with van der Waals surface area (Å²) < 4.78 is 43.2. The number of aromatic nitrogens is 1. The van der Waals surface area contributed by atoms with Crippen molar-refractivity contribution >= 4 is 33.9 Å². The molecule has 2 unspecified atom stereocenters. The van der Waals surface area contributed by atoms with E-state index in [4.69, 9.17) is 0 Å². The molecule has 2 amide bonds. The van der Waals surface area contributed by atoms with Gasteiger partial charge in [-0.3, -0.25) is 4.98 Å². The lowest BCUT2D eigenvalue weighted by Crippen LogP contribution is -2.27. The number of hydrogen-bond donors (Lipinski definition) is 2. The molecule has 1 aliphatic heterocycles. The van der Waals surface area contributed by atoms with Crippen LogP contribution < -0.4 is 20.3 Å². The van der Waals surface area contributed by atoms with Gasteiger partial charge in [0.25, 0.3) is 0 Å².